The Morgan fingerprint density at radius 3 is 1.51 bits per heavy atom. The molecule has 0 spiro atoms. The lowest BCUT2D eigenvalue weighted by Crippen LogP contribution is -2.32. The van der Waals surface area contributed by atoms with Gasteiger partial charge >= 0.3 is 5.97 Å². The molecule has 8 heteroatoms. The lowest BCUT2D eigenvalue weighted by Gasteiger charge is -2.23. The molecule has 1 atom stereocenters. The minimum atomic E-state index is -0.640. The minimum Gasteiger partial charge on any atom is -0.466 e. The van der Waals surface area contributed by atoms with Crippen molar-refractivity contribution < 1.29 is 29.3 Å². The first kappa shape index (κ1) is 55.8. The molecule has 8 nitrogen and oxygen atoms in total. The number of esters is 1. The third-order valence-corrected chi connectivity index (χ3v) is 11.7. The number of nitrogens with one attached hydrogen (secondary N) is 1. The zero-order chi connectivity index (χ0) is 41.9. The van der Waals surface area contributed by atoms with Gasteiger partial charge in [0.05, 0.1) is 12.7 Å². The molecular formula is C49H98N2O6. The molecular weight excluding hydrogens is 713 g/mol. The molecule has 3 N–H and O–H groups in total. The van der Waals surface area contributed by atoms with E-state index in [4.69, 9.17) is 14.6 Å². The number of ether oxygens (including phenoxy) is 2. The van der Waals surface area contributed by atoms with Crippen LogP contribution in [0.3, 0.4) is 0 Å². The molecule has 0 saturated carbocycles. The molecule has 0 aliphatic rings. The van der Waals surface area contributed by atoms with Crippen molar-refractivity contribution in [2.45, 2.75) is 258 Å². The summed E-state index contributed by atoms with van der Waals surface area (Å²) in [7, 11) is 0. The van der Waals surface area contributed by atoms with E-state index in [0.717, 1.165) is 103 Å². The normalized spacial score (nSPS) is 12.3. The number of aliphatic hydroxyl groups is 2. The highest BCUT2D eigenvalue weighted by atomic mass is 16.6. The number of amides is 1. The fraction of sp³-hybridized carbons (Fsp3) is 0.959. The van der Waals surface area contributed by atoms with E-state index in [1.165, 1.54) is 128 Å². The molecule has 0 aromatic carbocycles. The zero-order valence-corrected chi connectivity index (χ0v) is 38.5. The van der Waals surface area contributed by atoms with Gasteiger partial charge in [0, 0.05) is 13.0 Å². The quantitative estimate of drug-likeness (QED) is 0.0319. The molecule has 0 bridgehead atoms. The van der Waals surface area contributed by atoms with Crippen LogP contribution >= 0.6 is 0 Å². The first-order valence-electron chi connectivity index (χ1n) is 25.0. The monoisotopic (exact) mass is 811 g/mol. The van der Waals surface area contributed by atoms with Gasteiger partial charge in [-0.25, -0.2) is 0 Å². The summed E-state index contributed by atoms with van der Waals surface area (Å²) in [5.74, 6) is 0.351. The maximum absolute atomic E-state index is 12.3. The van der Waals surface area contributed by atoms with Gasteiger partial charge in [0.2, 0.25) is 5.91 Å². The summed E-state index contributed by atoms with van der Waals surface area (Å²) in [4.78, 5) is 26.3. The highest BCUT2D eigenvalue weighted by Gasteiger charge is 2.15. The molecule has 0 rings (SSSR count). The topological polar surface area (TPSA) is 108 Å². The molecule has 0 aromatic rings. The second-order valence-electron chi connectivity index (χ2n) is 17.3. The summed E-state index contributed by atoms with van der Waals surface area (Å²) in [5.41, 5.74) is 0. The van der Waals surface area contributed by atoms with Crippen molar-refractivity contribution in [3.8, 4) is 0 Å². The van der Waals surface area contributed by atoms with Gasteiger partial charge in [0.1, 0.15) is 6.61 Å². The van der Waals surface area contributed by atoms with Crippen LogP contribution in [0.5, 0.6) is 0 Å². The smallest absolute Gasteiger partial charge is 0.305 e. The zero-order valence-electron chi connectivity index (χ0n) is 38.5. The minimum absolute atomic E-state index is 0.0325. The Morgan fingerprint density at radius 1 is 0.526 bits per heavy atom. The van der Waals surface area contributed by atoms with Crippen molar-refractivity contribution >= 4 is 11.9 Å². The largest absolute Gasteiger partial charge is 0.466 e. The van der Waals surface area contributed by atoms with Crippen LogP contribution in [0, 0.1) is 5.92 Å². The van der Waals surface area contributed by atoms with E-state index < -0.39 is 12.9 Å². The standard InChI is InChI=1S/C49H98N2O6/c1-5-9-13-15-19-25-34-46(35-26-20-16-14-10-6-2)57-49(55)37-28-22-18-24-30-41-51(42-31-39-50-47(53)44-52)40-29-23-17-21-27-36-48(54)56-43-38-45(32-11-7-3)33-12-8-4/h45-46,49,52,55H,5-44H2,1-4H3,(H,50,53). The maximum atomic E-state index is 12.3. The number of carbonyl (C=O) groups excluding carboxylic acids is 2. The summed E-state index contributed by atoms with van der Waals surface area (Å²) in [5, 5.41) is 22.6. The lowest BCUT2D eigenvalue weighted by atomic mass is 9.93. The van der Waals surface area contributed by atoms with Crippen LogP contribution in [0.4, 0.5) is 0 Å². The summed E-state index contributed by atoms with van der Waals surface area (Å²) in [6.07, 6.45) is 39.0. The Balaban J connectivity index is 4.38. The van der Waals surface area contributed by atoms with Gasteiger partial charge < -0.3 is 29.9 Å². The molecule has 0 fully saturated rings. The van der Waals surface area contributed by atoms with Crippen molar-refractivity contribution in [2.75, 3.05) is 39.4 Å². The van der Waals surface area contributed by atoms with Crippen LogP contribution in [-0.4, -0.2) is 78.8 Å². The Labute approximate surface area is 354 Å². The van der Waals surface area contributed by atoms with Crippen LogP contribution in [-0.2, 0) is 19.1 Å². The van der Waals surface area contributed by atoms with E-state index in [1.807, 2.05) is 0 Å². The van der Waals surface area contributed by atoms with Crippen LogP contribution in [0.25, 0.3) is 0 Å². The molecule has 0 aromatic heterocycles. The SMILES string of the molecule is CCCCCCCCC(CCCCCCCC)OC(O)CCCCCCCN(CCCCCCCC(=O)OCCC(CCCC)CCCC)CCCNC(=O)CO. The van der Waals surface area contributed by atoms with Gasteiger partial charge in [0.15, 0.2) is 6.29 Å². The van der Waals surface area contributed by atoms with Crippen LogP contribution in [0.2, 0.25) is 0 Å². The van der Waals surface area contributed by atoms with E-state index in [0.29, 0.717) is 25.5 Å². The first-order valence-corrected chi connectivity index (χ1v) is 25.0. The van der Waals surface area contributed by atoms with E-state index in [-0.39, 0.29) is 18.0 Å². The number of rotatable bonds is 46. The van der Waals surface area contributed by atoms with Crippen LogP contribution < -0.4 is 5.32 Å². The van der Waals surface area contributed by atoms with Gasteiger partial charge in [-0.1, -0.05) is 182 Å². The molecule has 0 heterocycles. The van der Waals surface area contributed by atoms with Gasteiger partial charge in [-0.05, 0) is 83.3 Å². The fourth-order valence-corrected chi connectivity index (χ4v) is 7.95. The van der Waals surface area contributed by atoms with Gasteiger partial charge in [-0.2, -0.15) is 0 Å². The van der Waals surface area contributed by atoms with Crippen molar-refractivity contribution in [1.29, 1.82) is 0 Å². The highest BCUT2D eigenvalue weighted by Crippen LogP contribution is 2.21. The number of hydrogen-bond acceptors (Lipinski definition) is 7. The van der Waals surface area contributed by atoms with E-state index in [2.05, 4.69) is 37.9 Å². The number of nitrogens with zero attached hydrogens (tertiary/aromatic N) is 1. The lowest BCUT2D eigenvalue weighted by molar-refractivity contribution is -0.144. The van der Waals surface area contributed by atoms with Crippen molar-refractivity contribution in [3.05, 3.63) is 0 Å². The molecule has 57 heavy (non-hydrogen) atoms. The molecule has 0 aliphatic carbocycles. The molecule has 0 aliphatic heterocycles. The third-order valence-electron chi connectivity index (χ3n) is 11.7. The van der Waals surface area contributed by atoms with Crippen LogP contribution in [0.15, 0.2) is 0 Å². The van der Waals surface area contributed by atoms with Gasteiger partial charge in [-0.3, -0.25) is 9.59 Å². The highest BCUT2D eigenvalue weighted by molar-refractivity contribution is 5.76. The molecule has 1 unspecified atom stereocenters. The van der Waals surface area contributed by atoms with E-state index in [9.17, 15) is 14.7 Å². The van der Waals surface area contributed by atoms with Crippen LogP contribution in [0.1, 0.15) is 246 Å². The second-order valence-corrected chi connectivity index (χ2v) is 17.3. The van der Waals surface area contributed by atoms with Gasteiger partial charge in [-0.15, -0.1) is 0 Å². The summed E-state index contributed by atoms with van der Waals surface area (Å²) < 4.78 is 11.8. The van der Waals surface area contributed by atoms with Gasteiger partial charge in [0.25, 0.3) is 0 Å². The number of hydrogen-bond donors (Lipinski definition) is 3. The summed E-state index contributed by atoms with van der Waals surface area (Å²) >= 11 is 0. The first-order chi connectivity index (χ1) is 27.9. The average Bonchev–Trinajstić information content (AvgIpc) is 3.21. The van der Waals surface area contributed by atoms with E-state index in [1.54, 1.807) is 0 Å². The Hall–Kier alpha value is -1.22. The second kappa shape index (κ2) is 44.3. The number of aliphatic hydroxyl groups excluding tert-OH is 2. The third kappa shape index (κ3) is 40.0. The number of unbranched alkanes of at least 4 members (excludes halogenated alkanes) is 20. The summed E-state index contributed by atoms with van der Waals surface area (Å²) in [6.45, 7) is 12.8. The molecule has 1 amide bonds. The van der Waals surface area contributed by atoms with Crippen molar-refractivity contribution in [2.24, 2.45) is 5.92 Å². The predicted octanol–water partition coefficient (Wildman–Crippen LogP) is 12.6. The Morgan fingerprint density at radius 2 is 0.982 bits per heavy atom. The Bertz CT molecular complexity index is 821. The molecule has 0 saturated heterocycles. The molecule has 0 radical (unpaired) electrons. The average molecular weight is 811 g/mol. The summed E-state index contributed by atoms with van der Waals surface area (Å²) in [6, 6.07) is 0. The van der Waals surface area contributed by atoms with Crippen molar-refractivity contribution in [1.82, 2.24) is 10.2 Å². The predicted molar refractivity (Wildman–Crippen MR) is 242 cm³/mol. The number of carbonyl (C=O) groups is 2. The van der Waals surface area contributed by atoms with Crippen molar-refractivity contribution in [3.63, 3.8) is 0 Å². The fourth-order valence-electron chi connectivity index (χ4n) is 7.95. The molecule has 340 valence electrons. The maximum Gasteiger partial charge on any atom is 0.305 e. The Kier molecular flexibility index (Phi) is 43.4. The van der Waals surface area contributed by atoms with E-state index >= 15 is 0 Å².